The van der Waals surface area contributed by atoms with Crippen LogP contribution in [-0.4, -0.2) is 73.6 Å². The van der Waals surface area contributed by atoms with E-state index in [1.807, 2.05) is 30.3 Å². The molecular weight excluding hydrogens is 436 g/mol. The second-order valence-electron chi connectivity index (χ2n) is 8.22. The minimum absolute atomic E-state index is 0.287. The van der Waals surface area contributed by atoms with E-state index in [2.05, 4.69) is 17.0 Å². The third-order valence-electron chi connectivity index (χ3n) is 6.20. The molecule has 0 atom stereocenters. The maximum absolute atomic E-state index is 11.7. The van der Waals surface area contributed by atoms with Crippen molar-refractivity contribution in [3.05, 3.63) is 48.7 Å². The first kappa shape index (κ1) is 20.7. The lowest BCUT2D eigenvalue weighted by Gasteiger charge is -2.29. The van der Waals surface area contributed by atoms with E-state index in [1.165, 1.54) is 0 Å². The smallest absolute Gasteiger partial charge is 0.410 e. The summed E-state index contributed by atoms with van der Waals surface area (Å²) in [6, 6.07) is 14.3. The van der Waals surface area contributed by atoms with Crippen molar-refractivity contribution < 1.29 is 23.4 Å². The van der Waals surface area contributed by atoms with Crippen molar-refractivity contribution in [2.45, 2.75) is 0 Å². The molecule has 2 saturated heterocycles. The molecule has 4 heterocycles. The predicted molar refractivity (Wildman–Crippen MR) is 126 cm³/mol. The van der Waals surface area contributed by atoms with Crippen molar-refractivity contribution in [2.75, 3.05) is 57.5 Å². The average molecular weight is 460 g/mol. The van der Waals surface area contributed by atoms with E-state index in [1.54, 1.807) is 11.2 Å². The Morgan fingerprint density at radius 2 is 1.82 bits per heavy atom. The molecule has 2 aliphatic heterocycles. The molecular formula is C25H24N4O5. The van der Waals surface area contributed by atoms with Gasteiger partial charge in [0.1, 0.15) is 24.6 Å². The molecule has 2 aliphatic rings. The van der Waals surface area contributed by atoms with Crippen molar-refractivity contribution in [3.63, 3.8) is 0 Å². The molecule has 9 heteroatoms. The van der Waals surface area contributed by atoms with Crippen LogP contribution in [0.3, 0.4) is 0 Å². The molecule has 2 aromatic heterocycles. The SMILES string of the molecule is O=C1OCCN1CCOc1nc(N2CCOCC2)c2c(-c3coc4ccccc34)cccc2n1. The Morgan fingerprint density at radius 3 is 2.68 bits per heavy atom. The number of rotatable bonds is 6. The number of cyclic esters (lactones) is 1. The fraction of sp³-hybridized carbons (Fsp3) is 0.320. The van der Waals surface area contributed by atoms with Crippen LogP contribution in [0.2, 0.25) is 0 Å². The second-order valence-corrected chi connectivity index (χ2v) is 8.22. The van der Waals surface area contributed by atoms with Crippen molar-refractivity contribution in [2.24, 2.45) is 0 Å². The van der Waals surface area contributed by atoms with Gasteiger partial charge in [0.2, 0.25) is 0 Å². The van der Waals surface area contributed by atoms with E-state index < -0.39 is 0 Å². The predicted octanol–water partition coefficient (Wildman–Crippen LogP) is 3.71. The highest BCUT2D eigenvalue weighted by Gasteiger charge is 2.24. The summed E-state index contributed by atoms with van der Waals surface area (Å²) in [4.78, 5) is 25.1. The van der Waals surface area contributed by atoms with Crippen LogP contribution >= 0.6 is 0 Å². The highest BCUT2D eigenvalue weighted by molar-refractivity contribution is 6.07. The average Bonchev–Trinajstić information content (AvgIpc) is 3.50. The Morgan fingerprint density at radius 1 is 0.941 bits per heavy atom. The number of ether oxygens (including phenoxy) is 3. The van der Waals surface area contributed by atoms with Gasteiger partial charge in [0.05, 0.1) is 43.5 Å². The van der Waals surface area contributed by atoms with Gasteiger partial charge in [0.25, 0.3) is 0 Å². The summed E-state index contributed by atoms with van der Waals surface area (Å²) < 4.78 is 22.3. The summed E-state index contributed by atoms with van der Waals surface area (Å²) in [5.74, 6) is 0.810. The number of para-hydroxylation sites is 1. The highest BCUT2D eigenvalue weighted by atomic mass is 16.6. The first-order valence-electron chi connectivity index (χ1n) is 11.4. The van der Waals surface area contributed by atoms with Crippen LogP contribution in [0.25, 0.3) is 33.0 Å². The standard InChI is InChI=1S/C25H24N4O5/c30-25-29(11-15-33-25)10-14-32-24-26-20-6-3-5-18(19-16-34-21-7-2-1-4-17(19)21)22(20)23(27-24)28-8-12-31-13-9-28/h1-7,16H,8-15H2. The van der Waals surface area contributed by atoms with Gasteiger partial charge in [-0.2, -0.15) is 9.97 Å². The van der Waals surface area contributed by atoms with E-state index in [0.717, 1.165) is 51.9 Å². The molecule has 34 heavy (non-hydrogen) atoms. The third kappa shape index (κ3) is 3.77. The van der Waals surface area contributed by atoms with E-state index in [4.69, 9.17) is 28.6 Å². The molecule has 0 spiro atoms. The summed E-state index contributed by atoms with van der Waals surface area (Å²) in [5, 5.41) is 1.99. The number of nitrogens with zero attached hydrogens (tertiary/aromatic N) is 4. The largest absolute Gasteiger partial charge is 0.464 e. The van der Waals surface area contributed by atoms with Gasteiger partial charge in [-0.15, -0.1) is 0 Å². The van der Waals surface area contributed by atoms with Gasteiger partial charge < -0.3 is 28.4 Å². The molecule has 0 radical (unpaired) electrons. The number of amides is 1. The van der Waals surface area contributed by atoms with Gasteiger partial charge in [-0.05, 0) is 17.7 Å². The van der Waals surface area contributed by atoms with E-state index in [9.17, 15) is 4.79 Å². The lowest BCUT2D eigenvalue weighted by molar-refractivity contribution is 0.122. The normalized spacial score (nSPS) is 16.4. The zero-order valence-electron chi connectivity index (χ0n) is 18.6. The van der Waals surface area contributed by atoms with Gasteiger partial charge in [-0.25, -0.2) is 4.79 Å². The first-order valence-corrected chi connectivity index (χ1v) is 11.4. The third-order valence-corrected chi connectivity index (χ3v) is 6.20. The molecule has 174 valence electrons. The number of morpholine rings is 1. The van der Waals surface area contributed by atoms with Crippen LogP contribution in [0.4, 0.5) is 10.6 Å². The van der Waals surface area contributed by atoms with Crippen molar-refractivity contribution in [1.82, 2.24) is 14.9 Å². The molecule has 2 aromatic carbocycles. The Hall–Kier alpha value is -3.85. The molecule has 6 rings (SSSR count). The molecule has 1 amide bonds. The number of hydrogen-bond acceptors (Lipinski definition) is 8. The number of benzene rings is 2. The second kappa shape index (κ2) is 8.83. The maximum Gasteiger partial charge on any atom is 0.410 e. The monoisotopic (exact) mass is 460 g/mol. The molecule has 9 nitrogen and oxygen atoms in total. The highest BCUT2D eigenvalue weighted by Crippen LogP contribution is 2.39. The number of carbonyl (C=O) groups is 1. The summed E-state index contributed by atoms with van der Waals surface area (Å²) in [7, 11) is 0. The van der Waals surface area contributed by atoms with Gasteiger partial charge >= 0.3 is 12.1 Å². The van der Waals surface area contributed by atoms with Gasteiger partial charge in [0, 0.05) is 24.0 Å². The topological polar surface area (TPSA) is 90.2 Å². The Bertz CT molecular complexity index is 1350. The fourth-order valence-corrected chi connectivity index (χ4v) is 4.50. The number of anilines is 1. The summed E-state index contributed by atoms with van der Waals surface area (Å²) >= 11 is 0. The van der Waals surface area contributed by atoms with Crippen LogP contribution in [-0.2, 0) is 9.47 Å². The van der Waals surface area contributed by atoms with Crippen LogP contribution in [0.5, 0.6) is 6.01 Å². The molecule has 0 bridgehead atoms. The van der Waals surface area contributed by atoms with Crippen molar-refractivity contribution in [3.8, 4) is 17.1 Å². The Kier molecular flexibility index (Phi) is 5.38. The quantitative estimate of drug-likeness (QED) is 0.430. The van der Waals surface area contributed by atoms with Gasteiger partial charge in [-0.3, -0.25) is 0 Å². The van der Waals surface area contributed by atoms with Crippen molar-refractivity contribution >= 4 is 33.8 Å². The molecule has 0 unspecified atom stereocenters. The van der Waals surface area contributed by atoms with Gasteiger partial charge in [0.15, 0.2) is 0 Å². The zero-order chi connectivity index (χ0) is 22.9. The zero-order valence-corrected chi connectivity index (χ0v) is 18.6. The Labute approximate surface area is 195 Å². The van der Waals surface area contributed by atoms with E-state index in [0.29, 0.717) is 32.9 Å². The lowest BCUT2D eigenvalue weighted by Crippen LogP contribution is -2.37. The fourth-order valence-electron chi connectivity index (χ4n) is 4.50. The summed E-state index contributed by atoms with van der Waals surface area (Å²) in [6.45, 7) is 4.42. The molecule has 0 saturated carbocycles. The van der Waals surface area contributed by atoms with Gasteiger partial charge in [-0.1, -0.05) is 30.3 Å². The minimum atomic E-state index is -0.311. The summed E-state index contributed by atoms with van der Waals surface area (Å²) in [6.07, 6.45) is 1.48. The number of furan rings is 1. The number of carbonyl (C=O) groups excluding carboxylic acids is 1. The Balaban J connectivity index is 1.41. The van der Waals surface area contributed by atoms with Crippen LogP contribution < -0.4 is 9.64 Å². The summed E-state index contributed by atoms with van der Waals surface area (Å²) in [5.41, 5.74) is 3.63. The van der Waals surface area contributed by atoms with E-state index >= 15 is 0 Å². The minimum Gasteiger partial charge on any atom is -0.464 e. The van der Waals surface area contributed by atoms with Crippen LogP contribution in [0.15, 0.2) is 53.1 Å². The number of hydrogen-bond donors (Lipinski definition) is 0. The maximum atomic E-state index is 11.7. The molecule has 2 fully saturated rings. The first-order chi connectivity index (χ1) is 16.8. The lowest BCUT2D eigenvalue weighted by atomic mass is 10.00. The van der Waals surface area contributed by atoms with Crippen LogP contribution in [0.1, 0.15) is 0 Å². The van der Waals surface area contributed by atoms with Crippen LogP contribution in [0, 0.1) is 0 Å². The number of aromatic nitrogens is 2. The van der Waals surface area contributed by atoms with Crippen molar-refractivity contribution in [1.29, 1.82) is 0 Å². The molecule has 0 aliphatic carbocycles. The number of fused-ring (bicyclic) bond motifs is 2. The molecule has 4 aromatic rings. The molecule has 0 N–H and O–H groups in total. The van der Waals surface area contributed by atoms with E-state index in [-0.39, 0.29) is 18.7 Å².